The predicted octanol–water partition coefficient (Wildman–Crippen LogP) is 6.01. The summed E-state index contributed by atoms with van der Waals surface area (Å²) in [7, 11) is -1.87. The summed E-state index contributed by atoms with van der Waals surface area (Å²) in [5, 5.41) is 16.5. The highest BCUT2D eigenvalue weighted by Crippen LogP contribution is 2.67. The monoisotopic (exact) mass is 537 g/mol. The fourth-order valence-corrected chi connectivity index (χ4v) is 10.5. The molecule has 4 aliphatic rings. The Bertz CT molecular complexity index is 882. The lowest BCUT2D eigenvalue weighted by atomic mass is 9.44. The van der Waals surface area contributed by atoms with Gasteiger partial charge in [0.2, 0.25) is 0 Å². The van der Waals surface area contributed by atoms with Crippen molar-refractivity contribution in [1.29, 1.82) is 0 Å². The van der Waals surface area contributed by atoms with Crippen LogP contribution in [0.4, 0.5) is 0 Å². The number of oxime groups is 1. The smallest absolute Gasteiger partial charge is 0.184 e. The van der Waals surface area contributed by atoms with E-state index in [1.807, 2.05) is 0 Å². The summed E-state index contributed by atoms with van der Waals surface area (Å²) in [4.78, 5) is 19.3. The zero-order valence-corrected chi connectivity index (χ0v) is 26.3. The summed E-state index contributed by atoms with van der Waals surface area (Å²) in [6.45, 7) is 18.1. The van der Waals surface area contributed by atoms with Gasteiger partial charge >= 0.3 is 0 Å². The number of ketones is 1. The van der Waals surface area contributed by atoms with Gasteiger partial charge in [-0.1, -0.05) is 19.0 Å². The molecule has 0 heterocycles. The normalized spacial score (nSPS) is 43.6. The van der Waals surface area contributed by atoms with Gasteiger partial charge in [0.25, 0.3) is 0 Å². The summed E-state index contributed by atoms with van der Waals surface area (Å²) in [6.07, 6.45) is 7.81. The number of aliphatic hydroxyl groups is 1. The summed E-state index contributed by atoms with van der Waals surface area (Å²) in [5.41, 5.74) is -1.10. The minimum Gasteiger partial charge on any atom is -0.415 e. The van der Waals surface area contributed by atoms with Gasteiger partial charge in [-0.2, -0.15) is 0 Å². The fourth-order valence-electron chi connectivity index (χ4n) is 8.74. The van der Waals surface area contributed by atoms with E-state index in [0.717, 1.165) is 32.1 Å². The molecule has 8 atom stereocenters. The first-order valence-electron chi connectivity index (χ1n) is 14.2. The molecule has 0 saturated heterocycles. The van der Waals surface area contributed by atoms with Crippen molar-refractivity contribution in [3.05, 3.63) is 0 Å². The number of nitrogens with zero attached hydrogens (tertiary/aromatic N) is 1. The number of hydrogen-bond donors (Lipinski definition) is 1. The Morgan fingerprint density at radius 1 is 1.03 bits per heavy atom. The molecule has 4 rings (SSSR count). The molecule has 0 spiro atoms. The molecule has 4 aliphatic carbocycles. The van der Waals surface area contributed by atoms with E-state index in [-0.39, 0.29) is 17.9 Å². The maximum absolute atomic E-state index is 14.1. The first-order valence-corrected chi connectivity index (χ1v) is 21.0. The third kappa shape index (κ3) is 4.94. The van der Waals surface area contributed by atoms with Crippen LogP contribution in [0.3, 0.4) is 0 Å². The SMILES string of the molecule is CO/N=C(\CO[Si](C)(C)C)[C@@]1(O)CC[C@H]2[C@@H]3CCC4CC(O[Si](C)(C)C)CC[C@]4(C)[C@H]3C(=O)C[C@@]21C. The van der Waals surface area contributed by atoms with E-state index in [1.54, 1.807) is 0 Å². The van der Waals surface area contributed by atoms with Crippen LogP contribution in [0, 0.1) is 34.5 Å². The van der Waals surface area contributed by atoms with Crippen LogP contribution in [0.25, 0.3) is 0 Å². The van der Waals surface area contributed by atoms with Crippen LogP contribution in [0.5, 0.6) is 0 Å². The van der Waals surface area contributed by atoms with Crippen LogP contribution >= 0.6 is 0 Å². The van der Waals surface area contributed by atoms with Crippen LogP contribution in [0.2, 0.25) is 39.3 Å². The molecular formula is C28H51NO5Si2. The van der Waals surface area contributed by atoms with Crippen molar-refractivity contribution in [1.82, 2.24) is 0 Å². The lowest BCUT2D eigenvalue weighted by Gasteiger charge is -2.61. The van der Waals surface area contributed by atoms with E-state index < -0.39 is 27.7 Å². The van der Waals surface area contributed by atoms with Gasteiger partial charge in [0, 0.05) is 23.9 Å². The van der Waals surface area contributed by atoms with Crippen LogP contribution in [-0.4, -0.2) is 58.7 Å². The molecule has 0 aromatic heterocycles. The second-order valence-corrected chi connectivity index (χ2v) is 23.7. The zero-order valence-electron chi connectivity index (χ0n) is 24.3. The van der Waals surface area contributed by atoms with Crippen LogP contribution in [0.15, 0.2) is 5.16 Å². The van der Waals surface area contributed by atoms with E-state index in [9.17, 15) is 9.90 Å². The number of carbonyl (C=O) groups excluding carboxylic acids is 1. The van der Waals surface area contributed by atoms with E-state index in [2.05, 4.69) is 58.3 Å². The quantitative estimate of drug-likeness (QED) is 0.244. The van der Waals surface area contributed by atoms with E-state index >= 15 is 0 Å². The van der Waals surface area contributed by atoms with Crippen molar-refractivity contribution in [3.8, 4) is 0 Å². The average molecular weight is 538 g/mol. The van der Waals surface area contributed by atoms with E-state index in [1.165, 1.54) is 13.5 Å². The standard InChI is InChI=1S/C28H51NO5Si2/c1-26-14-12-20(34-36(7,8)9)16-19(26)10-11-21-22-13-15-28(31,27(22,2)17-23(30)25(21)26)24(29-32-3)18-33-35(4,5)6/h19-22,25,31H,10-18H2,1-9H3/b29-24+/t19?,20?,21-,22-,25+,26-,27-,28-/m0/s1. The molecular weight excluding hydrogens is 486 g/mol. The molecule has 0 aromatic carbocycles. The predicted molar refractivity (Wildman–Crippen MR) is 149 cm³/mol. The molecule has 0 bridgehead atoms. The first kappa shape index (κ1) is 28.5. The van der Waals surface area contributed by atoms with Crippen LogP contribution in [0.1, 0.15) is 65.2 Å². The highest BCUT2D eigenvalue weighted by atomic mass is 28.4. The average Bonchev–Trinajstić information content (AvgIpc) is 3.00. The number of fused-ring (bicyclic) bond motifs is 5. The summed E-state index contributed by atoms with van der Waals surface area (Å²) < 4.78 is 12.7. The van der Waals surface area contributed by atoms with Gasteiger partial charge in [-0.3, -0.25) is 4.79 Å². The van der Waals surface area contributed by atoms with Crippen LogP contribution in [-0.2, 0) is 18.5 Å². The highest BCUT2D eigenvalue weighted by molar-refractivity contribution is 6.70. The Kier molecular flexibility index (Phi) is 7.57. The number of hydrogen-bond acceptors (Lipinski definition) is 6. The molecule has 0 aliphatic heterocycles. The molecule has 4 saturated carbocycles. The number of carbonyl (C=O) groups is 1. The van der Waals surface area contributed by atoms with Gasteiger partial charge < -0.3 is 18.8 Å². The van der Waals surface area contributed by atoms with Crippen molar-refractivity contribution >= 4 is 28.1 Å². The molecule has 8 heteroatoms. The Hall–Kier alpha value is -0.546. The maximum Gasteiger partial charge on any atom is 0.184 e. The summed E-state index contributed by atoms with van der Waals surface area (Å²) in [5.74, 6) is 1.66. The van der Waals surface area contributed by atoms with Gasteiger partial charge in [-0.25, -0.2) is 0 Å². The largest absolute Gasteiger partial charge is 0.415 e. The second kappa shape index (κ2) is 9.58. The minimum atomic E-state index is -1.81. The molecule has 2 unspecified atom stereocenters. The molecule has 0 aromatic rings. The topological polar surface area (TPSA) is 77.3 Å². The first-order chi connectivity index (χ1) is 16.5. The van der Waals surface area contributed by atoms with Gasteiger partial charge in [-0.05, 0) is 107 Å². The Morgan fingerprint density at radius 3 is 2.33 bits per heavy atom. The van der Waals surface area contributed by atoms with E-state index in [0.29, 0.717) is 48.2 Å². The Labute approximate surface area is 221 Å². The second-order valence-electron chi connectivity index (χ2n) is 14.7. The van der Waals surface area contributed by atoms with Crippen molar-refractivity contribution in [2.45, 2.75) is 116 Å². The fraction of sp³-hybridized carbons (Fsp3) is 0.929. The van der Waals surface area contributed by atoms with E-state index in [4.69, 9.17) is 13.7 Å². The van der Waals surface area contributed by atoms with Crippen molar-refractivity contribution in [2.24, 2.45) is 39.7 Å². The molecule has 1 N–H and O–H groups in total. The summed E-state index contributed by atoms with van der Waals surface area (Å²) >= 11 is 0. The van der Waals surface area contributed by atoms with Gasteiger partial charge in [-0.15, -0.1) is 0 Å². The third-order valence-electron chi connectivity index (χ3n) is 10.3. The molecule has 4 fully saturated rings. The van der Waals surface area contributed by atoms with Gasteiger partial charge in [0.05, 0.1) is 6.61 Å². The van der Waals surface area contributed by atoms with Gasteiger partial charge in [0.1, 0.15) is 24.2 Å². The lowest BCUT2D eigenvalue weighted by Crippen LogP contribution is -2.62. The van der Waals surface area contributed by atoms with Gasteiger partial charge in [0.15, 0.2) is 16.6 Å². The molecule has 0 radical (unpaired) electrons. The van der Waals surface area contributed by atoms with Crippen molar-refractivity contribution in [3.63, 3.8) is 0 Å². The molecule has 0 amide bonds. The zero-order chi connectivity index (χ0) is 26.7. The summed E-state index contributed by atoms with van der Waals surface area (Å²) in [6, 6.07) is 0. The minimum absolute atomic E-state index is 0.0474. The Balaban J connectivity index is 1.59. The Morgan fingerprint density at radius 2 is 1.72 bits per heavy atom. The molecule has 36 heavy (non-hydrogen) atoms. The lowest BCUT2D eigenvalue weighted by molar-refractivity contribution is -0.167. The molecule has 206 valence electrons. The molecule has 6 nitrogen and oxygen atoms in total. The van der Waals surface area contributed by atoms with Crippen molar-refractivity contribution < 1.29 is 23.6 Å². The third-order valence-corrected chi connectivity index (χ3v) is 12.3. The van der Waals surface area contributed by atoms with Crippen LogP contribution < -0.4 is 0 Å². The van der Waals surface area contributed by atoms with Crippen molar-refractivity contribution in [2.75, 3.05) is 13.7 Å². The highest BCUT2D eigenvalue weighted by Gasteiger charge is 2.68. The number of Topliss-reactive ketones (excluding diaryl/α,β-unsaturated/α-hetero) is 1. The number of rotatable bonds is 7. The maximum atomic E-state index is 14.1.